The summed E-state index contributed by atoms with van der Waals surface area (Å²) >= 11 is 0. The van der Waals surface area contributed by atoms with E-state index >= 15 is 0 Å². The fraction of sp³-hybridized carbons (Fsp3) is 0.357. The number of Topliss-reactive ketones (excluding diaryl/α,β-unsaturated/α-hetero) is 1. The number of rotatable bonds is 5. The Kier molecular flexibility index (Phi) is 4.40. The summed E-state index contributed by atoms with van der Waals surface area (Å²) in [5.74, 6) is -7.47. The van der Waals surface area contributed by atoms with Crippen LogP contribution in [-0.2, 0) is 9.53 Å². The molecular formula is C14H12F3NO3. The topological polar surface area (TPSA) is 55.7 Å². The van der Waals surface area contributed by atoms with Crippen molar-refractivity contribution in [2.75, 3.05) is 7.11 Å². The monoisotopic (exact) mass is 299 g/mol. The minimum absolute atomic E-state index is 0.0414. The molecule has 0 saturated heterocycles. The minimum Gasteiger partial charge on any atom is -0.468 e. The molecule has 0 N–H and O–H groups in total. The lowest BCUT2D eigenvalue weighted by Crippen LogP contribution is -2.28. The van der Waals surface area contributed by atoms with Crippen molar-refractivity contribution in [2.24, 2.45) is 10.9 Å². The number of hydrogen-bond acceptors (Lipinski definition) is 4. The summed E-state index contributed by atoms with van der Waals surface area (Å²) in [4.78, 5) is 27.7. The molecular weight excluding hydrogens is 287 g/mol. The number of halogens is 3. The Morgan fingerprint density at radius 1 is 1.24 bits per heavy atom. The van der Waals surface area contributed by atoms with Crippen LogP contribution in [0.1, 0.15) is 23.2 Å². The average Bonchev–Trinajstić information content (AvgIpc) is 3.26. The van der Waals surface area contributed by atoms with E-state index in [9.17, 15) is 22.8 Å². The molecule has 0 amide bonds. The van der Waals surface area contributed by atoms with E-state index in [0.717, 1.165) is 26.2 Å². The SMILES string of the molecule is COC(=O)C(C=NC1CC1)C(=O)c1cc(F)c(F)cc1F. The third-order valence-electron chi connectivity index (χ3n) is 3.01. The average molecular weight is 299 g/mol. The normalized spacial score (nSPS) is 16.0. The lowest BCUT2D eigenvalue weighted by atomic mass is 9.98. The number of ketones is 1. The number of ether oxygens (including phenoxy) is 1. The van der Waals surface area contributed by atoms with E-state index in [-0.39, 0.29) is 12.1 Å². The van der Waals surface area contributed by atoms with Gasteiger partial charge in [0.25, 0.3) is 0 Å². The van der Waals surface area contributed by atoms with Crippen LogP contribution in [0.5, 0.6) is 0 Å². The molecule has 1 unspecified atom stereocenters. The Morgan fingerprint density at radius 2 is 1.86 bits per heavy atom. The standard InChI is InChI=1S/C14H12F3NO3/c1-21-14(20)9(6-18-7-2-3-7)13(19)8-4-11(16)12(17)5-10(8)15/h4-7,9H,2-3H2,1H3. The van der Waals surface area contributed by atoms with Crippen molar-refractivity contribution in [2.45, 2.75) is 18.9 Å². The van der Waals surface area contributed by atoms with Gasteiger partial charge in [0, 0.05) is 18.3 Å². The number of benzene rings is 1. The second kappa shape index (κ2) is 6.07. The molecule has 21 heavy (non-hydrogen) atoms. The Morgan fingerprint density at radius 3 is 2.43 bits per heavy atom. The maximum atomic E-state index is 13.6. The van der Waals surface area contributed by atoms with E-state index in [1.165, 1.54) is 0 Å². The molecule has 0 spiro atoms. The number of carbonyl (C=O) groups is 2. The summed E-state index contributed by atoms with van der Waals surface area (Å²) in [5.41, 5.74) is -0.716. The van der Waals surface area contributed by atoms with Crippen LogP contribution in [0.3, 0.4) is 0 Å². The molecule has 1 saturated carbocycles. The smallest absolute Gasteiger partial charge is 0.322 e. The van der Waals surface area contributed by atoms with Crippen molar-refractivity contribution in [3.8, 4) is 0 Å². The zero-order valence-corrected chi connectivity index (χ0v) is 11.1. The Labute approximate surface area is 118 Å². The molecule has 1 aromatic carbocycles. The first kappa shape index (κ1) is 15.2. The van der Waals surface area contributed by atoms with Crippen LogP contribution in [0.4, 0.5) is 13.2 Å². The largest absolute Gasteiger partial charge is 0.468 e. The molecule has 1 aliphatic carbocycles. The van der Waals surface area contributed by atoms with Crippen molar-refractivity contribution in [1.82, 2.24) is 0 Å². The van der Waals surface area contributed by atoms with Crippen molar-refractivity contribution >= 4 is 18.0 Å². The summed E-state index contributed by atoms with van der Waals surface area (Å²) in [6.45, 7) is 0. The molecule has 112 valence electrons. The molecule has 1 fully saturated rings. The Hall–Kier alpha value is -2.18. The van der Waals surface area contributed by atoms with Crippen LogP contribution in [0, 0.1) is 23.4 Å². The fourth-order valence-corrected chi connectivity index (χ4v) is 1.67. The van der Waals surface area contributed by atoms with E-state index in [1.807, 2.05) is 0 Å². The predicted octanol–water partition coefficient (Wildman–Crippen LogP) is 2.31. The Balaban J connectivity index is 2.32. The maximum Gasteiger partial charge on any atom is 0.322 e. The van der Waals surface area contributed by atoms with Crippen LogP contribution in [-0.4, -0.2) is 31.1 Å². The third-order valence-corrected chi connectivity index (χ3v) is 3.01. The molecule has 0 heterocycles. The highest BCUT2D eigenvalue weighted by Gasteiger charge is 2.31. The predicted molar refractivity (Wildman–Crippen MR) is 67.7 cm³/mol. The number of hydrogen-bond donors (Lipinski definition) is 0. The highest BCUT2D eigenvalue weighted by Crippen LogP contribution is 2.24. The summed E-state index contributed by atoms with van der Waals surface area (Å²) in [6.07, 6.45) is 2.77. The summed E-state index contributed by atoms with van der Waals surface area (Å²) in [7, 11) is 1.06. The number of nitrogens with zero attached hydrogens (tertiary/aromatic N) is 1. The lowest BCUT2D eigenvalue weighted by Gasteiger charge is -2.10. The van der Waals surface area contributed by atoms with E-state index in [0.29, 0.717) is 6.07 Å². The first-order valence-electron chi connectivity index (χ1n) is 6.24. The van der Waals surface area contributed by atoms with Gasteiger partial charge in [-0.15, -0.1) is 0 Å². The molecule has 0 radical (unpaired) electrons. The third kappa shape index (κ3) is 3.48. The van der Waals surface area contributed by atoms with Gasteiger partial charge < -0.3 is 4.74 Å². The van der Waals surface area contributed by atoms with Crippen LogP contribution in [0.25, 0.3) is 0 Å². The quantitative estimate of drug-likeness (QED) is 0.276. The zero-order valence-electron chi connectivity index (χ0n) is 11.1. The highest BCUT2D eigenvalue weighted by atomic mass is 19.2. The molecule has 1 atom stereocenters. The zero-order chi connectivity index (χ0) is 15.6. The van der Waals surface area contributed by atoms with Gasteiger partial charge in [0.2, 0.25) is 0 Å². The number of methoxy groups -OCH3 is 1. The van der Waals surface area contributed by atoms with E-state index in [4.69, 9.17) is 0 Å². The molecule has 0 aliphatic heterocycles. The molecule has 2 rings (SSSR count). The molecule has 7 heteroatoms. The fourth-order valence-electron chi connectivity index (χ4n) is 1.67. The molecule has 0 aromatic heterocycles. The highest BCUT2D eigenvalue weighted by molar-refractivity contribution is 6.18. The van der Waals surface area contributed by atoms with Crippen LogP contribution < -0.4 is 0 Å². The summed E-state index contributed by atoms with van der Waals surface area (Å²) in [5, 5.41) is 0. The van der Waals surface area contributed by atoms with Crippen molar-refractivity contribution in [1.29, 1.82) is 0 Å². The molecule has 1 aliphatic rings. The number of esters is 1. The minimum atomic E-state index is -1.48. The molecule has 4 nitrogen and oxygen atoms in total. The summed E-state index contributed by atoms with van der Waals surface area (Å²) < 4.78 is 44.1. The van der Waals surface area contributed by atoms with Gasteiger partial charge in [-0.05, 0) is 18.9 Å². The molecule has 0 bridgehead atoms. The van der Waals surface area contributed by atoms with Gasteiger partial charge in [0.05, 0.1) is 12.7 Å². The van der Waals surface area contributed by atoms with E-state index in [1.54, 1.807) is 0 Å². The van der Waals surface area contributed by atoms with Gasteiger partial charge in [0.15, 0.2) is 23.3 Å². The first-order valence-corrected chi connectivity index (χ1v) is 6.24. The lowest BCUT2D eigenvalue weighted by molar-refractivity contribution is -0.141. The second-order valence-corrected chi connectivity index (χ2v) is 4.64. The molecule has 1 aromatic rings. The van der Waals surface area contributed by atoms with E-state index < -0.39 is 40.7 Å². The van der Waals surface area contributed by atoms with Gasteiger partial charge in [-0.2, -0.15) is 0 Å². The summed E-state index contributed by atoms with van der Waals surface area (Å²) in [6, 6.07) is 0.725. The van der Waals surface area contributed by atoms with Crippen LogP contribution in [0.15, 0.2) is 17.1 Å². The van der Waals surface area contributed by atoms with Gasteiger partial charge >= 0.3 is 5.97 Å². The Bertz CT molecular complexity index is 612. The van der Waals surface area contributed by atoms with Crippen molar-refractivity contribution in [3.05, 3.63) is 35.1 Å². The van der Waals surface area contributed by atoms with Gasteiger partial charge in [-0.1, -0.05) is 0 Å². The van der Waals surface area contributed by atoms with Gasteiger partial charge in [-0.3, -0.25) is 14.6 Å². The number of carbonyl (C=O) groups excluding carboxylic acids is 2. The number of aliphatic imine (C=N–C) groups is 1. The van der Waals surface area contributed by atoms with Crippen LogP contribution >= 0.6 is 0 Å². The van der Waals surface area contributed by atoms with Crippen LogP contribution in [0.2, 0.25) is 0 Å². The van der Waals surface area contributed by atoms with Crippen molar-refractivity contribution < 1.29 is 27.5 Å². The first-order chi connectivity index (χ1) is 9.93. The van der Waals surface area contributed by atoms with Gasteiger partial charge in [-0.25, -0.2) is 13.2 Å². The van der Waals surface area contributed by atoms with Gasteiger partial charge in [0.1, 0.15) is 5.82 Å². The second-order valence-electron chi connectivity index (χ2n) is 4.64. The van der Waals surface area contributed by atoms with E-state index in [2.05, 4.69) is 9.73 Å². The van der Waals surface area contributed by atoms with Crippen molar-refractivity contribution in [3.63, 3.8) is 0 Å². The maximum absolute atomic E-state index is 13.6.